The number of ether oxygens (including phenoxy) is 2. The Morgan fingerprint density at radius 1 is 0.962 bits per heavy atom. The fraction of sp³-hybridized carbons (Fsp3) is 0.333. The molecule has 0 amide bonds. The molecule has 8 heteroatoms. The molecule has 1 aromatic carbocycles. The summed E-state index contributed by atoms with van der Waals surface area (Å²) in [5.41, 5.74) is 7.79. The number of aryl methyl sites for hydroxylation is 4. The molecule has 0 aliphatic heterocycles. The van der Waals surface area contributed by atoms with E-state index in [0.29, 0.717) is 29.6 Å². The minimum absolute atomic E-state index is 0.223. The Morgan fingerprint density at radius 2 is 1.73 bits per heavy atom. The molecule has 0 fully saturated rings. The molecule has 0 unspecified atom stereocenters. The molecule has 2 N–H and O–H groups in total. The largest absolute Gasteiger partial charge is 0.493 e. The van der Waals surface area contributed by atoms with E-state index in [4.69, 9.17) is 15.2 Å². The van der Waals surface area contributed by atoms with Gasteiger partial charge in [-0.3, -0.25) is 0 Å². The fourth-order valence-electron chi connectivity index (χ4n) is 2.81. The van der Waals surface area contributed by atoms with Crippen LogP contribution in [0, 0.1) is 13.8 Å². The second-order valence-corrected chi connectivity index (χ2v) is 5.90. The number of nitrogens with two attached hydrogens (primary N) is 1. The number of nitrogen functional groups attached to an aromatic ring is 1. The third-order valence-corrected chi connectivity index (χ3v) is 3.95. The average Bonchev–Trinajstić information content (AvgIpc) is 2.99. The fourth-order valence-corrected chi connectivity index (χ4v) is 2.81. The summed E-state index contributed by atoms with van der Waals surface area (Å²) in [5.74, 6) is 3.72. The zero-order chi connectivity index (χ0) is 18.7. The Bertz CT molecular complexity index is 902. The Hall–Kier alpha value is -3.16. The first-order chi connectivity index (χ1) is 12.5. The van der Waals surface area contributed by atoms with Gasteiger partial charge in [0.25, 0.3) is 0 Å². The lowest BCUT2D eigenvalue weighted by Gasteiger charge is -2.10. The van der Waals surface area contributed by atoms with Crippen molar-refractivity contribution in [3.05, 3.63) is 47.2 Å². The van der Waals surface area contributed by atoms with Gasteiger partial charge in [0.05, 0.1) is 14.2 Å². The summed E-state index contributed by atoms with van der Waals surface area (Å²) >= 11 is 0. The van der Waals surface area contributed by atoms with Gasteiger partial charge in [-0.05, 0) is 38.0 Å². The van der Waals surface area contributed by atoms with Gasteiger partial charge in [-0.1, -0.05) is 6.07 Å². The maximum Gasteiger partial charge on any atom is 0.240 e. The Morgan fingerprint density at radius 3 is 2.42 bits per heavy atom. The quantitative estimate of drug-likeness (QED) is 0.723. The van der Waals surface area contributed by atoms with Gasteiger partial charge in [-0.15, -0.1) is 5.10 Å². The Kier molecular flexibility index (Phi) is 5.01. The molecule has 0 spiro atoms. The zero-order valence-corrected chi connectivity index (χ0v) is 15.4. The van der Waals surface area contributed by atoms with E-state index in [0.717, 1.165) is 23.5 Å². The number of anilines is 1. The second-order valence-electron chi connectivity index (χ2n) is 5.90. The van der Waals surface area contributed by atoms with Crippen molar-refractivity contribution in [1.82, 2.24) is 24.7 Å². The number of benzene rings is 1. The molecule has 0 aliphatic carbocycles. The highest BCUT2D eigenvalue weighted by molar-refractivity contribution is 5.43. The van der Waals surface area contributed by atoms with Crippen molar-refractivity contribution in [1.29, 1.82) is 0 Å². The summed E-state index contributed by atoms with van der Waals surface area (Å²) in [6, 6.07) is 7.72. The predicted octanol–water partition coefficient (Wildman–Crippen LogP) is 2.06. The molecule has 26 heavy (non-hydrogen) atoms. The van der Waals surface area contributed by atoms with Gasteiger partial charge in [0, 0.05) is 18.2 Å². The lowest BCUT2D eigenvalue weighted by Crippen LogP contribution is -2.09. The van der Waals surface area contributed by atoms with Crippen molar-refractivity contribution >= 4 is 5.95 Å². The standard InChI is InChI=1S/C18H22N6O2/c1-11-9-17(21-12(2)20-11)24-16(22-18(19)23-24)8-6-13-5-7-14(25-3)15(10-13)26-4/h5,7,9-10H,6,8H2,1-4H3,(H2,19,23). The molecule has 3 rings (SSSR count). The highest BCUT2D eigenvalue weighted by Crippen LogP contribution is 2.28. The molecule has 8 nitrogen and oxygen atoms in total. The topological polar surface area (TPSA) is 101 Å². The first kappa shape index (κ1) is 17.7. The lowest BCUT2D eigenvalue weighted by molar-refractivity contribution is 0.354. The van der Waals surface area contributed by atoms with Crippen molar-refractivity contribution in [3.8, 4) is 17.3 Å². The third-order valence-electron chi connectivity index (χ3n) is 3.95. The van der Waals surface area contributed by atoms with Crippen molar-refractivity contribution in [2.75, 3.05) is 20.0 Å². The molecule has 2 heterocycles. The van der Waals surface area contributed by atoms with Crippen molar-refractivity contribution in [3.63, 3.8) is 0 Å². The summed E-state index contributed by atoms with van der Waals surface area (Å²) in [6.07, 6.45) is 1.41. The van der Waals surface area contributed by atoms with Crippen LogP contribution < -0.4 is 15.2 Å². The molecule has 0 bridgehead atoms. The summed E-state index contributed by atoms with van der Waals surface area (Å²) in [4.78, 5) is 13.1. The summed E-state index contributed by atoms with van der Waals surface area (Å²) in [7, 11) is 3.24. The Balaban J connectivity index is 1.85. The van der Waals surface area contributed by atoms with Crippen LogP contribution in [-0.4, -0.2) is 39.0 Å². The summed E-state index contributed by atoms with van der Waals surface area (Å²) in [5, 5.41) is 4.28. The molecule has 136 valence electrons. The molecule has 2 aromatic heterocycles. The smallest absolute Gasteiger partial charge is 0.240 e. The first-order valence-electron chi connectivity index (χ1n) is 8.25. The minimum atomic E-state index is 0.223. The van der Waals surface area contributed by atoms with E-state index in [1.807, 2.05) is 38.1 Å². The van der Waals surface area contributed by atoms with Crippen LogP contribution in [0.4, 0.5) is 5.95 Å². The summed E-state index contributed by atoms with van der Waals surface area (Å²) < 4.78 is 12.3. The Labute approximate surface area is 152 Å². The van der Waals surface area contributed by atoms with E-state index in [9.17, 15) is 0 Å². The van der Waals surface area contributed by atoms with Crippen LogP contribution in [0.1, 0.15) is 22.9 Å². The highest BCUT2D eigenvalue weighted by atomic mass is 16.5. The van der Waals surface area contributed by atoms with Gasteiger partial charge >= 0.3 is 0 Å². The molecular weight excluding hydrogens is 332 g/mol. The van der Waals surface area contributed by atoms with Crippen molar-refractivity contribution in [2.24, 2.45) is 0 Å². The third kappa shape index (κ3) is 3.74. The van der Waals surface area contributed by atoms with E-state index in [1.54, 1.807) is 18.9 Å². The van der Waals surface area contributed by atoms with Gasteiger partial charge in [0.2, 0.25) is 5.95 Å². The number of nitrogens with zero attached hydrogens (tertiary/aromatic N) is 5. The minimum Gasteiger partial charge on any atom is -0.493 e. The van der Waals surface area contributed by atoms with Gasteiger partial charge in [-0.2, -0.15) is 9.67 Å². The van der Waals surface area contributed by atoms with Crippen LogP contribution in [0.15, 0.2) is 24.3 Å². The van der Waals surface area contributed by atoms with E-state index in [-0.39, 0.29) is 5.95 Å². The van der Waals surface area contributed by atoms with E-state index in [2.05, 4.69) is 20.1 Å². The van der Waals surface area contributed by atoms with Crippen LogP contribution in [0.5, 0.6) is 11.5 Å². The monoisotopic (exact) mass is 354 g/mol. The van der Waals surface area contributed by atoms with Crippen molar-refractivity contribution < 1.29 is 9.47 Å². The maximum atomic E-state index is 5.82. The summed E-state index contributed by atoms with van der Waals surface area (Å²) in [6.45, 7) is 3.77. The van der Waals surface area contributed by atoms with Gasteiger partial charge in [0.15, 0.2) is 17.3 Å². The molecule has 0 atom stereocenters. The van der Waals surface area contributed by atoms with Gasteiger partial charge in [-0.25, -0.2) is 9.97 Å². The molecule has 0 saturated carbocycles. The van der Waals surface area contributed by atoms with Crippen LogP contribution in [0.2, 0.25) is 0 Å². The normalized spacial score (nSPS) is 10.8. The number of rotatable bonds is 6. The number of aromatic nitrogens is 5. The van der Waals surface area contributed by atoms with Gasteiger partial charge < -0.3 is 15.2 Å². The van der Waals surface area contributed by atoms with Crippen LogP contribution in [0.3, 0.4) is 0 Å². The molecule has 0 aliphatic rings. The van der Waals surface area contributed by atoms with Crippen LogP contribution in [0.25, 0.3) is 5.82 Å². The van der Waals surface area contributed by atoms with E-state index in [1.165, 1.54) is 0 Å². The first-order valence-corrected chi connectivity index (χ1v) is 8.25. The molecule has 3 aromatic rings. The SMILES string of the molecule is COc1ccc(CCc2nc(N)nn2-c2cc(C)nc(C)n2)cc1OC. The van der Waals surface area contributed by atoms with Gasteiger partial charge in [0.1, 0.15) is 11.6 Å². The number of hydrogen-bond acceptors (Lipinski definition) is 7. The maximum absolute atomic E-state index is 5.82. The van der Waals surface area contributed by atoms with Crippen LogP contribution >= 0.6 is 0 Å². The molecule has 0 radical (unpaired) electrons. The zero-order valence-electron chi connectivity index (χ0n) is 15.4. The van der Waals surface area contributed by atoms with E-state index >= 15 is 0 Å². The molecular formula is C18H22N6O2. The average molecular weight is 354 g/mol. The van der Waals surface area contributed by atoms with Crippen LogP contribution in [-0.2, 0) is 12.8 Å². The number of hydrogen-bond donors (Lipinski definition) is 1. The highest BCUT2D eigenvalue weighted by Gasteiger charge is 2.13. The molecule has 0 saturated heterocycles. The van der Waals surface area contributed by atoms with Crippen molar-refractivity contribution in [2.45, 2.75) is 26.7 Å². The van der Waals surface area contributed by atoms with E-state index < -0.39 is 0 Å². The number of methoxy groups -OCH3 is 2. The lowest BCUT2D eigenvalue weighted by atomic mass is 10.1. The second kappa shape index (κ2) is 7.38. The predicted molar refractivity (Wildman–Crippen MR) is 97.8 cm³/mol.